The fraction of sp³-hybridized carbons (Fsp3) is 0.675. The summed E-state index contributed by atoms with van der Waals surface area (Å²) in [6.07, 6.45) is 7.14. The van der Waals surface area contributed by atoms with E-state index < -0.39 is 4.30 Å². The SMILES string of the molecule is C.CC(=O)C(C)(C)C.CC(C)(C)c1ccnc(N)n1.CC(C)(C)c1nc(N)ncc1Cl.CC(N(C)C)N(C)C.CN(C)/C=C/C(=O)C(C)(C)C.Cl.ClC(Cl)Cl.N=C(N)N. The highest BCUT2D eigenvalue weighted by Crippen LogP contribution is 2.27. The number of Topliss-reactive ketones (excluding diaryl/α,β-unsaturated/α-hetero) is 1. The molecule has 9 N–H and O–H groups in total. The minimum Gasteiger partial charge on any atom is -0.383 e. The Balaban J connectivity index is -0.000000110. The first-order valence-corrected chi connectivity index (χ1v) is 19.5. The molecule has 0 bridgehead atoms. The minimum absolute atomic E-state index is 0. The maximum atomic E-state index is 11.3. The summed E-state index contributed by atoms with van der Waals surface area (Å²) in [7, 11) is 12.1. The first kappa shape index (κ1) is 70.8. The Morgan fingerprint density at radius 1 is 0.763 bits per heavy atom. The maximum absolute atomic E-state index is 11.3. The fourth-order valence-electron chi connectivity index (χ4n) is 2.63. The van der Waals surface area contributed by atoms with E-state index in [-0.39, 0.29) is 65.0 Å². The normalized spacial score (nSPS) is 10.8. The number of aromatic nitrogens is 4. The standard InChI is InChI=1S/C9H17NO.C8H12ClN3.C8H13N3.C6H16N2.C6H12O.CHCl3.CH5N3.CH4.ClH/c1-9(2,3)8(11)6-7-10(4)5;1-8(2,3)6-5(9)4-11-7(10)12-6;1-8(2,3)6-4-5-10-7(9)11-6;1-6(7(2)3)8(4)5;1-5(7)6(2,3)4;2*2-1(3)4;;/h6-7H,1-5H3;4H,1-3H3,(H2,10,11,12);4-5H,1-3H3,(H2,9,10,11);6H,1-5H3;1-4H3;1H;(H5,2,3,4);1H4;1H/b7-6+;;;;;;;;. The molecule has 0 amide bonds. The molecule has 0 spiro atoms. The molecule has 2 aromatic heterocycles. The van der Waals surface area contributed by atoms with E-state index in [1.165, 1.54) is 6.20 Å². The molecule has 348 valence electrons. The van der Waals surface area contributed by atoms with Gasteiger partial charge in [-0.1, -0.05) is 137 Å². The maximum Gasteiger partial charge on any atom is 0.220 e. The zero-order valence-corrected chi connectivity index (χ0v) is 42.6. The number of nitrogens with two attached hydrogens (primary N) is 4. The van der Waals surface area contributed by atoms with Crippen molar-refractivity contribution in [2.45, 2.75) is 126 Å². The number of carbonyl (C=O) groups is 2. The number of carbonyl (C=O) groups excluding carboxylic acids is 2. The molecule has 14 nitrogen and oxygen atoms in total. The molecule has 0 saturated carbocycles. The Morgan fingerprint density at radius 3 is 1.32 bits per heavy atom. The number of hydrogen-bond acceptors (Lipinski definition) is 12. The molecule has 0 aliphatic rings. The van der Waals surface area contributed by atoms with Crippen molar-refractivity contribution < 1.29 is 9.59 Å². The monoisotopic (exact) mass is 937 g/mol. The smallest absolute Gasteiger partial charge is 0.220 e. The molecule has 0 fully saturated rings. The Morgan fingerprint density at radius 2 is 1.12 bits per heavy atom. The van der Waals surface area contributed by atoms with Crippen LogP contribution in [0.1, 0.15) is 116 Å². The fourth-order valence-corrected chi connectivity index (χ4v) is 3.00. The highest BCUT2D eigenvalue weighted by Gasteiger charge is 2.20. The van der Waals surface area contributed by atoms with E-state index in [0.29, 0.717) is 17.1 Å². The largest absolute Gasteiger partial charge is 0.383 e. The molecular weight excluding hydrogens is 858 g/mol. The Labute approximate surface area is 384 Å². The van der Waals surface area contributed by atoms with Gasteiger partial charge in [0.15, 0.2) is 16.0 Å². The molecule has 2 aromatic rings. The van der Waals surface area contributed by atoms with Crippen molar-refractivity contribution in [2.75, 3.05) is 53.8 Å². The van der Waals surface area contributed by atoms with E-state index >= 15 is 0 Å². The molecule has 59 heavy (non-hydrogen) atoms. The van der Waals surface area contributed by atoms with Crippen LogP contribution in [0.25, 0.3) is 0 Å². The lowest BCUT2D eigenvalue weighted by molar-refractivity contribution is -0.124. The van der Waals surface area contributed by atoms with Crippen LogP contribution in [-0.4, -0.2) is 105 Å². The first-order valence-electron chi connectivity index (χ1n) is 17.8. The van der Waals surface area contributed by atoms with Crippen LogP contribution < -0.4 is 22.9 Å². The van der Waals surface area contributed by atoms with Crippen LogP contribution in [0.15, 0.2) is 30.7 Å². The summed E-state index contributed by atoms with van der Waals surface area (Å²) in [6.45, 7) is 27.6. The number of ketones is 2. The van der Waals surface area contributed by atoms with Crippen molar-refractivity contribution >= 4 is 88.2 Å². The van der Waals surface area contributed by atoms with Gasteiger partial charge in [-0.05, 0) is 54.2 Å². The highest BCUT2D eigenvalue weighted by molar-refractivity contribution is 6.63. The molecule has 0 aliphatic carbocycles. The summed E-state index contributed by atoms with van der Waals surface area (Å²) < 4.78 is -0.750. The van der Waals surface area contributed by atoms with Crippen molar-refractivity contribution in [3.05, 3.63) is 47.1 Å². The molecule has 19 heteroatoms. The van der Waals surface area contributed by atoms with E-state index in [2.05, 4.69) is 97.1 Å². The quantitative estimate of drug-likeness (QED) is 0.0636. The third-order valence-corrected chi connectivity index (χ3v) is 7.01. The summed E-state index contributed by atoms with van der Waals surface area (Å²) >= 11 is 20.3. The number of halogens is 5. The second-order valence-corrected chi connectivity index (χ2v) is 19.6. The summed E-state index contributed by atoms with van der Waals surface area (Å²) in [5.74, 6) is 0.681. The van der Waals surface area contributed by atoms with Crippen LogP contribution in [0.4, 0.5) is 11.9 Å². The summed E-state index contributed by atoms with van der Waals surface area (Å²) in [4.78, 5) is 43.7. The van der Waals surface area contributed by atoms with Gasteiger partial charge in [-0.2, -0.15) is 0 Å². The van der Waals surface area contributed by atoms with Gasteiger partial charge in [-0.15, -0.1) is 12.4 Å². The number of nitrogens with one attached hydrogen (secondary N) is 1. The number of nitrogens with zero attached hydrogens (tertiary/aromatic N) is 7. The van der Waals surface area contributed by atoms with Crippen LogP contribution >= 0.6 is 58.8 Å². The van der Waals surface area contributed by atoms with Crippen molar-refractivity contribution in [3.8, 4) is 0 Å². The van der Waals surface area contributed by atoms with Gasteiger partial charge in [0.2, 0.25) is 11.9 Å². The Hall–Kier alpha value is -2.72. The van der Waals surface area contributed by atoms with E-state index in [9.17, 15) is 9.59 Å². The molecule has 0 aromatic carbocycles. The molecule has 0 atom stereocenters. The molecule has 0 saturated heterocycles. The third kappa shape index (κ3) is 47.8. The van der Waals surface area contributed by atoms with Crippen LogP contribution in [0.2, 0.25) is 5.02 Å². The van der Waals surface area contributed by atoms with E-state index in [1.54, 1.807) is 25.4 Å². The van der Waals surface area contributed by atoms with Crippen LogP contribution in [-0.2, 0) is 20.4 Å². The molecule has 0 radical (unpaired) electrons. The lowest BCUT2D eigenvalue weighted by Crippen LogP contribution is -2.37. The van der Waals surface area contributed by atoms with Crippen LogP contribution in [0, 0.1) is 16.2 Å². The van der Waals surface area contributed by atoms with Gasteiger partial charge >= 0.3 is 0 Å². The van der Waals surface area contributed by atoms with Crippen molar-refractivity contribution in [1.82, 2.24) is 34.6 Å². The van der Waals surface area contributed by atoms with Crippen molar-refractivity contribution in [3.63, 3.8) is 0 Å². The van der Waals surface area contributed by atoms with Gasteiger partial charge in [0.05, 0.1) is 28.8 Å². The van der Waals surface area contributed by atoms with Gasteiger partial charge < -0.3 is 27.8 Å². The molecular formula is C40H81Cl5N12O2. The second-order valence-electron chi connectivity index (χ2n) is 17.2. The van der Waals surface area contributed by atoms with Crippen molar-refractivity contribution in [1.29, 1.82) is 5.41 Å². The number of hydrogen-bond donors (Lipinski definition) is 5. The van der Waals surface area contributed by atoms with Crippen LogP contribution in [0.5, 0.6) is 0 Å². The van der Waals surface area contributed by atoms with Gasteiger partial charge in [0, 0.05) is 48.2 Å². The highest BCUT2D eigenvalue weighted by atomic mass is 35.6. The number of allylic oxidation sites excluding steroid dienone is 1. The van der Waals surface area contributed by atoms with Gasteiger partial charge in [-0.25, -0.2) is 19.9 Å². The van der Waals surface area contributed by atoms with E-state index in [1.807, 2.05) is 87.4 Å². The van der Waals surface area contributed by atoms with E-state index in [0.717, 1.165) is 11.4 Å². The lowest BCUT2D eigenvalue weighted by Gasteiger charge is -2.26. The minimum atomic E-state index is -0.750. The molecule has 0 unspecified atom stereocenters. The predicted octanol–water partition coefficient (Wildman–Crippen LogP) is 9.00. The average Bonchev–Trinajstić information content (AvgIpc) is 2.99. The van der Waals surface area contributed by atoms with Gasteiger partial charge in [0.25, 0.3) is 0 Å². The molecule has 2 rings (SSSR count). The summed E-state index contributed by atoms with van der Waals surface area (Å²) in [5, 5.41) is 6.62. The topological polar surface area (TPSA) is 223 Å². The third-order valence-electron chi connectivity index (χ3n) is 6.73. The zero-order valence-electron chi connectivity index (χ0n) is 38.7. The van der Waals surface area contributed by atoms with E-state index in [4.69, 9.17) is 63.3 Å². The van der Waals surface area contributed by atoms with Crippen LogP contribution in [0.3, 0.4) is 0 Å². The Kier molecular flexibility index (Phi) is 40.7. The number of guanidine groups is 1. The number of rotatable bonds is 4. The number of anilines is 2. The predicted molar refractivity (Wildman–Crippen MR) is 261 cm³/mol. The lowest BCUT2D eigenvalue weighted by atomic mass is 9.91. The molecule has 2 heterocycles. The summed E-state index contributed by atoms with van der Waals surface area (Å²) in [5.41, 5.74) is 21.2. The molecule has 0 aliphatic heterocycles. The summed E-state index contributed by atoms with van der Waals surface area (Å²) in [6, 6.07) is 1.89. The van der Waals surface area contributed by atoms with Gasteiger partial charge in [-0.3, -0.25) is 24.8 Å². The Bertz CT molecular complexity index is 1430. The van der Waals surface area contributed by atoms with Gasteiger partial charge in [0.1, 0.15) is 5.78 Å². The zero-order chi connectivity index (χ0) is 46.9. The number of nitrogen functional groups attached to an aromatic ring is 2. The second kappa shape index (κ2) is 33.9. The first-order chi connectivity index (χ1) is 25.2. The average molecular weight is 939 g/mol. The number of alkyl halides is 3. The van der Waals surface area contributed by atoms with Crippen molar-refractivity contribution in [2.24, 2.45) is 22.3 Å².